The Kier molecular flexibility index (Phi) is 7.43. The van der Waals surface area contributed by atoms with Crippen molar-refractivity contribution in [1.82, 2.24) is 9.79 Å². The van der Waals surface area contributed by atoms with E-state index in [-0.39, 0.29) is 16.9 Å². The molecule has 0 aliphatic carbocycles. The number of rotatable bonds is 8. The van der Waals surface area contributed by atoms with Crippen LogP contribution in [0.25, 0.3) is 0 Å². The monoisotopic (exact) mass is 424 g/mol. The van der Waals surface area contributed by atoms with Crippen molar-refractivity contribution in [3.8, 4) is 0 Å². The van der Waals surface area contributed by atoms with Gasteiger partial charge in [-0.15, -0.1) is 0 Å². The summed E-state index contributed by atoms with van der Waals surface area (Å²) in [6, 6.07) is 9.82. The van der Waals surface area contributed by atoms with E-state index in [0.717, 1.165) is 0 Å². The highest BCUT2D eigenvalue weighted by molar-refractivity contribution is 7.89. The summed E-state index contributed by atoms with van der Waals surface area (Å²) >= 11 is 0. The minimum Gasteiger partial charge on any atom is -0.469 e. The molecule has 0 heterocycles. The zero-order valence-corrected chi connectivity index (χ0v) is 16.9. The molecule has 0 aliphatic rings. The third-order valence-corrected chi connectivity index (χ3v) is 5.88. The van der Waals surface area contributed by atoms with Gasteiger partial charge in [-0.05, 0) is 42.0 Å². The lowest BCUT2D eigenvalue weighted by Gasteiger charge is -2.19. The summed E-state index contributed by atoms with van der Waals surface area (Å²) in [4.78, 5) is 28.9. The number of carbonyl (C=O) groups is 2. The molecule has 0 saturated carbocycles. The van der Waals surface area contributed by atoms with E-state index in [2.05, 4.69) is 10.1 Å². The summed E-state index contributed by atoms with van der Waals surface area (Å²) in [5, 5.41) is 2.68. The van der Waals surface area contributed by atoms with E-state index in [9.17, 15) is 22.4 Å². The molecule has 156 valence electrons. The molecule has 0 aliphatic heterocycles. The van der Waals surface area contributed by atoms with Crippen LogP contribution >= 0.6 is 0 Å². The van der Waals surface area contributed by atoms with Crippen molar-refractivity contribution < 1.29 is 32.0 Å². The molecule has 0 radical (unpaired) electrons. The fourth-order valence-corrected chi connectivity index (χ4v) is 3.44. The predicted octanol–water partition coefficient (Wildman–Crippen LogP) is 2.04. The average Bonchev–Trinajstić information content (AvgIpc) is 2.73. The maximum absolute atomic E-state index is 13.2. The number of nitrogens with zero attached hydrogens (tertiary/aromatic N) is 1. The summed E-state index contributed by atoms with van der Waals surface area (Å²) in [5.41, 5.74) is 0.701. The average molecular weight is 424 g/mol. The van der Waals surface area contributed by atoms with Gasteiger partial charge in [-0.3, -0.25) is 14.4 Å². The van der Waals surface area contributed by atoms with Crippen molar-refractivity contribution in [3.05, 3.63) is 65.5 Å². The van der Waals surface area contributed by atoms with Crippen LogP contribution in [0, 0.1) is 5.82 Å². The number of carbonyl (C=O) groups excluding carboxylic acids is 2. The van der Waals surface area contributed by atoms with E-state index in [1.165, 1.54) is 69.8 Å². The number of ether oxygens (including phenoxy) is 1. The van der Waals surface area contributed by atoms with Crippen LogP contribution in [-0.4, -0.2) is 46.0 Å². The first-order valence-corrected chi connectivity index (χ1v) is 9.89. The van der Waals surface area contributed by atoms with Crippen LogP contribution in [0.15, 0.2) is 53.4 Å². The minimum atomic E-state index is -3.84. The fraction of sp³-hybridized carbons (Fsp3) is 0.263. The van der Waals surface area contributed by atoms with E-state index in [4.69, 9.17) is 4.84 Å². The normalized spacial score (nSPS) is 12.4. The van der Waals surface area contributed by atoms with Gasteiger partial charge in [-0.2, -0.15) is 0 Å². The van der Waals surface area contributed by atoms with Gasteiger partial charge < -0.3 is 10.1 Å². The maximum Gasteiger partial charge on any atom is 0.307 e. The summed E-state index contributed by atoms with van der Waals surface area (Å²) in [6.45, 7) is 0. The number of nitrogens with one attached hydrogen (secondary N) is 1. The Bertz CT molecular complexity index is 961. The van der Waals surface area contributed by atoms with Crippen LogP contribution < -0.4 is 5.32 Å². The quantitative estimate of drug-likeness (QED) is 0.514. The Morgan fingerprint density at radius 2 is 1.66 bits per heavy atom. The van der Waals surface area contributed by atoms with Crippen molar-refractivity contribution >= 4 is 21.9 Å². The highest BCUT2D eigenvalue weighted by atomic mass is 32.2. The number of hydrogen-bond acceptors (Lipinski definition) is 6. The molecule has 0 spiro atoms. The molecule has 1 amide bonds. The van der Waals surface area contributed by atoms with Crippen LogP contribution in [0.1, 0.15) is 28.4 Å². The number of halogens is 1. The number of benzene rings is 2. The fourth-order valence-electron chi connectivity index (χ4n) is 2.46. The highest BCUT2D eigenvalue weighted by Crippen LogP contribution is 2.20. The van der Waals surface area contributed by atoms with Gasteiger partial charge in [0.15, 0.2) is 0 Å². The van der Waals surface area contributed by atoms with E-state index in [1.807, 2.05) is 0 Å². The Morgan fingerprint density at radius 3 is 2.17 bits per heavy atom. The minimum absolute atomic E-state index is 0.0527. The van der Waals surface area contributed by atoms with E-state index in [1.54, 1.807) is 0 Å². The molecule has 2 rings (SSSR count). The topological polar surface area (TPSA) is 102 Å². The van der Waals surface area contributed by atoms with E-state index in [0.29, 0.717) is 10.0 Å². The summed E-state index contributed by atoms with van der Waals surface area (Å²) < 4.78 is 42.9. The molecule has 10 heteroatoms. The van der Waals surface area contributed by atoms with Crippen LogP contribution in [0.2, 0.25) is 0 Å². The molecule has 0 fully saturated rings. The van der Waals surface area contributed by atoms with E-state index >= 15 is 0 Å². The maximum atomic E-state index is 13.2. The van der Waals surface area contributed by atoms with Gasteiger partial charge in [0.1, 0.15) is 5.82 Å². The van der Waals surface area contributed by atoms with Gasteiger partial charge in [0, 0.05) is 12.6 Å². The second kappa shape index (κ2) is 9.59. The van der Waals surface area contributed by atoms with Crippen LogP contribution in [-0.2, 0) is 24.4 Å². The Hall–Kier alpha value is -2.82. The largest absolute Gasteiger partial charge is 0.469 e. The number of hydroxylamine groups is 1. The second-order valence-electron chi connectivity index (χ2n) is 5.98. The zero-order chi connectivity index (χ0) is 21.6. The molecule has 29 heavy (non-hydrogen) atoms. The lowest BCUT2D eigenvalue weighted by Crippen LogP contribution is -2.30. The SMILES string of the molecule is COC(=O)CC(NC(=O)c1ccc(S(=O)(=O)N(C)OC)cc1)c1ccc(F)cc1. The second-order valence-corrected chi connectivity index (χ2v) is 7.92. The van der Waals surface area contributed by atoms with Crippen molar-refractivity contribution in [2.24, 2.45) is 0 Å². The Balaban J connectivity index is 2.22. The summed E-state index contributed by atoms with van der Waals surface area (Å²) in [7, 11) is -0.149. The number of hydrogen-bond donors (Lipinski definition) is 1. The van der Waals surface area contributed by atoms with Gasteiger partial charge in [0.25, 0.3) is 15.9 Å². The van der Waals surface area contributed by atoms with Gasteiger partial charge in [0.05, 0.1) is 31.6 Å². The summed E-state index contributed by atoms with van der Waals surface area (Å²) in [6.07, 6.45) is -0.154. The molecule has 0 aromatic heterocycles. The van der Waals surface area contributed by atoms with Gasteiger partial charge in [-0.1, -0.05) is 16.6 Å². The van der Waals surface area contributed by atoms with Crippen molar-refractivity contribution in [3.63, 3.8) is 0 Å². The third kappa shape index (κ3) is 5.59. The Morgan fingerprint density at radius 1 is 1.07 bits per heavy atom. The lowest BCUT2D eigenvalue weighted by atomic mass is 10.0. The lowest BCUT2D eigenvalue weighted by molar-refractivity contribution is -0.141. The van der Waals surface area contributed by atoms with E-state index < -0.39 is 33.8 Å². The molecular formula is C19H21FN2O6S. The molecule has 1 atom stereocenters. The van der Waals surface area contributed by atoms with Gasteiger partial charge in [-0.25, -0.2) is 12.8 Å². The highest BCUT2D eigenvalue weighted by Gasteiger charge is 2.23. The smallest absolute Gasteiger partial charge is 0.307 e. The number of methoxy groups -OCH3 is 1. The third-order valence-electron chi connectivity index (χ3n) is 4.19. The number of amides is 1. The zero-order valence-electron chi connectivity index (χ0n) is 16.1. The first-order valence-electron chi connectivity index (χ1n) is 8.45. The first-order chi connectivity index (χ1) is 13.7. The molecule has 8 nitrogen and oxygen atoms in total. The number of sulfonamides is 1. The molecule has 1 unspecified atom stereocenters. The molecule has 0 saturated heterocycles. The molecule has 2 aromatic rings. The first kappa shape index (κ1) is 22.5. The Labute approximate surface area is 168 Å². The van der Waals surface area contributed by atoms with Gasteiger partial charge in [0.2, 0.25) is 0 Å². The standard InChI is InChI=1S/C19H21FN2O6S/c1-22(28-3)29(25,26)16-10-6-14(7-11-16)19(24)21-17(12-18(23)27-2)13-4-8-15(20)9-5-13/h4-11,17H,12H2,1-3H3,(H,21,24). The van der Waals surface area contributed by atoms with Crippen LogP contribution in [0.3, 0.4) is 0 Å². The molecular weight excluding hydrogens is 403 g/mol. The molecule has 1 N–H and O–H groups in total. The molecule has 2 aromatic carbocycles. The van der Waals surface area contributed by atoms with Crippen molar-refractivity contribution in [2.45, 2.75) is 17.4 Å². The van der Waals surface area contributed by atoms with Gasteiger partial charge >= 0.3 is 5.97 Å². The van der Waals surface area contributed by atoms with Crippen molar-refractivity contribution in [1.29, 1.82) is 0 Å². The summed E-state index contributed by atoms with van der Waals surface area (Å²) in [5.74, 6) is -1.54. The van der Waals surface area contributed by atoms with Crippen LogP contribution in [0.4, 0.5) is 4.39 Å². The predicted molar refractivity (Wildman–Crippen MR) is 102 cm³/mol. The van der Waals surface area contributed by atoms with Crippen LogP contribution in [0.5, 0.6) is 0 Å². The molecule has 0 bridgehead atoms. The number of esters is 1. The van der Waals surface area contributed by atoms with Crippen molar-refractivity contribution in [2.75, 3.05) is 21.3 Å².